The quantitative estimate of drug-likeness (QED) is 0.757. The number of carbonyl (C=O) groups excluding carboxylic acids is 1. The van der Waals surface area contributed by atoms with E-state index in [2.05, 4.69) is 0 Å². The summed E-state index contributed by atoms with van der Waals surface area (Å²) in [6, 6.07) is 1.79. The summed E-state index contributed by atoms with van der Waals surface area (Å²) in [7, 11) is -2.41. The molecule has 6 heteroatoms. The van der Waals surface area contributed by atoms with Gasteiger partial charge in [0.15, 0.2) is 15.6 Å². The average molecular weight is 246 g/mol. The Morgan fingerprint density at radius 2 is 1.94 bits per heavy atom. The number of Topliss-reactive ketones (excluding diaryl/α,β-unsaturated/α-hetero) is 1. The zero-order chi connectivity index (χ0) is 12.5. The van der Waals surface area contributed by atoms with Gasteiger partial charge >= 0.3 is 0 Å². The van der Waals surface area contributed by atoms with E-state index >= 15 is 0 Å². The number of ketones is 1. The van der Waals surface area contributed by atoms with Gasteiger partial charge in [-0.2, -0.15) is 0 Å². The van der Waals surface area contributed by atoms with Gasteiger partial charge in [0.25, 0.3) is 0 Å². The van der Waals surface area contributed by atoms with E-state index in [1.807, 2.05) is 0 Å². The number of hydrogen-bond acceptors (Lipinski definition) is 4. The first-order chi connectivity index (χ1) is 7.27. The number of rotatable bonds is 3. The van der Waals surface area contributed by atoms with Crippen molar-refractivity contribution in [3.63, 3.8) is 0 Å². The second kappa shape index (κ2) is 4.21. The van der Waals surface area contributed by atoms with Gasteiger partial charge in [0.05, 0.1) is 12.7 Å². The van der Waals surface area contributed by atoms with E-state index in [-0.39, 0.29) is 16.2 Å². The second-order valence-corrected chi connectivity index (χ2v) is 5.30. The smallest absolute Gasteiger partial charge is 0.179 e. The topological polar surface area (TPSA) is 60.4 Å². The van der Waals surface area contributed by atoms with Crippen molar-refractivity contribution in [3.05, 3.63) is 23.5 Å². The maximum absolute atomic E-state index is 13.2. The molecule has 16 heavy (non-hydrogen) atoms. The first-order valence-corrected chi connectivity index (χ1v) is 6.25. The lowest BCUT2D eigenvalue weighted by Crippen LogP contribution is -2.06. The van der Waals surface area contributed by atoms with Crippen LogP contribution in [-0.4, -0.2) is 27.6 Å². The van der Waals surface area contributed by atoms with E-state index < -0.39 is 21.4 Å². The molecule has 0 saturated heterocycles. The highest BCUT2D eigenvalue weighted by Crippen LogP contribution is 2.29. The molecule has 1 aromatic carbocycles. The van der Waals surface area contributed by atoms with Crippen LogP contribution in [0, 0.1) is 5.82 Å². The second-order valence-electron chi connectivity index (χ2n) is 3.31. The molecule has 0 amide bonds. The minimum Gasteiger partial charge on any atom is -0.495 e. The lowest BCUT2D eigenvalue weighted by molar-refractivity contribution is 0.101. The summed E-state index contributed by atoms with van der Waals surface area (Å²) in [5.41, 5.74) is -0.0806. The standard InChI is InChI=1S/C10H11FO4S/c1-6(12)8-4-7(11)5-9(10(8)15-2)16(3,13)14/h4-5H,1-3H3. The molecule has 0 aliphatic carbocycles. The fourth-order valence-corrected chi connectivity index (χ4v) is 2.17. The third kappa shape index (κ3) is 2.38. The molecule has 4 nitrogen and oxygen atoms in total. The van der Waals surface area contributed by atoms with Crippen molar-refractivity contribution in [2.24, 2.45) is 0 Å². The minimum atomic E-state index is -3.64. The molecule has 0 aliphatic rings. The molecule has 0 bridgehead atoms. The molecule has 0 heterocycles. The Kier molecular flexibility index (Phi) is 3.32. The number of methoxy groups -OCH3 is 1. The van der Waals surface area contributed by atoms with Crippen LogP contribution in [0.25, 0.3) is 0 Å². The Morgan fingerprint density at radius 1 is 1.38 bits per heavy atom. The molecule has 0 atom stereocenters. The van der Waals surface area contributed by atoms with Crippen LogP contribution in [0.15, 0.2) is 17.0 Å². The largest absolute Gasteiger partial charge is 0.495 e. The summed E-state index contributed by atoms with van der Waals surface area (Å²) < 4.78 is 40.8. The Labute approximate surface area is 93.0 Å². The number of benzene rings is 1. The fraction of sp³-hybridized carbons (Fsp3) is 0.300. The van der Waals surface area contributed by atoms with E-state index in [9.17, 15) is 17.6 Å². The number of ether oxygens (including phenoxy) is 1. The van der Waals surface area contributed by atoms with E-state index in [1.165, 1.54) is 14.0 Å². The van der Waals surface area contributed by atoms with Crippen molar-refractivity contribution in [1.29, 1.82) is 0 Å². The summed E-state index contributed by atoms with van der Waals surface area (Å²) >= 11 is 0. The molecule has 0 radical (unpaired) electrons. The van der Waals surface area contributed by atoms with Crippen LogP contribution in [0.5, 0.6) is 5.75 Å². The highest BCUT2D eigenvalue weighted by molar-refractivity contribution is 7.90. The predicted molar refractivity (Wildman–Crippen MR) is 56.1 cm³/mol. The van der Waals surface area contributed by atoms with Crippen LogP contribution in [0.1, 0.15) is 17.3 Å². The third-order valence-corrected chi connectivity index (χ3v) is 3.10. The van der Waals surface area contributed by atoms with Crippen molar-refractivity contribution in [2.45, 2.75) is 11.8 Å². The van der Waals surface area contributed by atoms with Crippen LogP contribution in [0.2, 0.25) is 0 Å². The average Bonchev–Trinajstić information content (AvgIpc) is 2.14. The summed E-state index contributed by atoms with van der Waals surface area (Å²) in [4.78, 5) is 10.9. The molecule has 1 rings (SSSR count). The van der Waals surface area contributed by atoms with Crippen LogP contribution < -0.4 is 4.74 Å². The van der Waals surface area contributed by atoms with Gasteiger partial charge in [-0.25, -0.2) is 12.8 Å². The van der Waals surface area contributed by atoms with Gasteiger partial charge < -0.3 is 4.74 Å². The Morgan fingerprint density at radius 3 is 2.31 bits per heavy atom. The molecular weight excluding hydrogens is 235 g/mol. The maximum atomic E-state index is 13.2. The van der Waals surface area contributed by atoms with E-state index in [0.717, 1.165) is 18.4 Å². The van der Waals surface area contributed by atoms with Crippen LogP contribution in [0.3, 0.4) is 0 Å². The monoisotopic (exact) mass is 246 g/mol. The first kappa shape index (κ1) is 12.6. The molecule has 0 unspecified atom stereocenters. The summed E-state index contributed by atoms with van der Waals surface area (Å²) in [5.74, 6) is -1.36. The van der Waals surface area contributed by atoms with Gasteiger partial charge in [-0.1, -0.05) is 0 Å². The zero-order valence-electron chi connectivity index (χ0n) is 9.07. The van der Waals surface area contributed by atoms with Gasteiger partial charge in [-0.05, 0) is 19.1 Å². The molecule has 1 aromatic rings. The molecule has 0 spiro atoms. The Bertz CT molecular complexity index is 534. The maximum Gasteiger partial charge on any atom is 0.179 e. The van der Waals surface area contributed by atoms with Gasteiger partial charge in [0.1, 0.15) is 16.5 Å². The predicted octanol–water partition coefficient (Wildman–Crippen LogP) is 1.44. The molecular formula is C10H11FO4S. The van der Waals surface area contributed by atoms with Crippen molar-refractivity contribution in [1.82, 2.24) is 0 Å². The number of sulfone groups is 1. The Hall–Kier alpha value is -1.43. The van der Waals surface area contributed by atoms with E-state index in [1.54, 1.807) is 0 Å². The number of carbonyl (C=O) groups is 1. The number of hydrogen-bond donors (Lipinski definition) is 0. The molecule has 88 valence electrons. The highest BCUT2D eigenvalue weighted by atomic mass is 32.2. The SMILES string of the molecule is COc1c(C(C)=O)cc(F)cc1S(C)(=O)=O. The first-order valence-electron chi connectivity index (χ1n) is 4.36. The Balaban J connectivity index is 3.68. The highest BCUT2D eigenvalue weighted by Gasteiger charge is 2.21. The van der Waals surface area contributed by atoms with E-state index in [0.29, 0.717) is 0 Å². The molecule has 0 aromatic heterocycles. The van der Waals surface area contributed by atoms with Crippen LogP contribution in [0.4, 0.5) is 4.39 Å². The lowest BCUT2D eigenvalue weighted by atomic mass is 10.1. The van der Waals surface area contributed by atoms with Crippen LogP contribution >= 0.6 is 0 Å². The van der Waals surface area contributed by atoms with Gasteiger partial charge in [-0.3, -0.25) is 4.79 Å². The van der Waals surface area contributed by atoms with Crippen LogP contribution in [-0.2, 0) is 9.84 Å². The van der Waals surface area contributed by atoms with Gasteiger partial charge in [-0.15, -0.1) is 0 Å². The van der Waals surface area contributed by atoms with Gasteiger partial charge in [0, 0.05) is 6.26 Å². The zero-order valence-corrected chi connectivity index (χ0v) is 9.89. The summed E-state index contributed by atoms with van der Waals surface area (Å²) in [5, 5.41) is 0. The third-order valence-electron chi connectivity index (χ3n) is 2.00. The molecule has 0 saturated carbocycles. The lowest BCUT2D eigenvalue weighted by Gasteiger charge is -2.10. The van der Waals surface area contributed by atoms with Crippen molar-refractivity contribution >= 4 is 15.6 Å². The van der Waals surface area contributed by atoms with E-state index in [4.69, 9.17) is 4.74 Å². The van der Waals surface area contributed by atoms with Crippen molar-refractivity contribution < 1.29 is 22.3 Å². The van der Waals surface area contributed by atoms with Crippen molar-refractivity contribution in [3.8, 4) is 5.75 Å². The fourth-order valence-electron chi connectivity index (χ4n) is 1.32. The van der Waals surface area contributed by atoms with Gasteiger partial charge in [0.2, 0.25) is 0 Å². The summed E-state index contributed by atoms with van der Waals surface area (Å²) in [6.45, 7) is 1.21. The normalized spacial score (nSPS) is 11.2. The summed E-state index contributed by atoms with van der Waals surface area (Å²) in [6.07, 6.45) is 0.925. The number of halogens is 1. The van der Waals surface area contributed by atoms with Crippen molar-refractivity contribution in [2.75, 3.05) is 13.4 Å². The molecule has 0 N–H and O–H groups in total. The molecule has 0 fully saturated rings. The minimum absolute atomic E-state index is 0.0806. The molecule has 0 aliphatic heterocycles.